The average Bonchev–Trinajstić information content (AvgIpc) is 3.25. The van der Waals surface area contributed by atoms with Crippen LogP contribution in [0.2, 0.25) is 0 Å². The predicted molar refractivity (Wildman–Crippen MR) is 72.4 cm³/mol. The van der Waals surface area contributed by atoms with Gasteiger partial charge in [0.1, 0.15) is 0 Å². The summed E-state index contributed by atoms with van der Waals surface area (Å²) in [5.41, 5.74) is 0.623. The van der Waals surface area contributed by atoms with Crippen molar-refractivity contribution in [1.29, 1.82) is 0 Å². The van der Waals surface area contributed by atoms with Crippen LogP contribution >= 0.6 is 0 Å². The van der Waals surface area contributed by atoms with E-state index in [9.17, 15) is 4.79 Å². The fraction of sp³-hybridized carbons (Fsp3) is 0.786. The molecule has 2 fully saturated rings. The molecule has 0 amide bonds. The Morgan fingerprint density at radius 2 is 1.55 bits per heavy atom. The highest BCUT2D eigenvalue weighted by Gasteiger charge is 2.29. The normalized spacial score (nSPS) is 23.4. The van der Waals surface area contributed by atoms with E-state index in [2.05, 4.69) is 0 Å². The number of aliphatic hydroxyl groups excluding tert-OH is 2. The second-order valence-electron chi connectivity index (χ2n) is 5.94. The van der Waals surface area contributed by atoms with Crippen molar-refractivity contribution in [2.45, 2.75) is 38.9 Å². The standard InChI is InChI=1S/C9H12O4.C5H12O2/c10-9(11)3-6(1-7-4-12-7)2-8-5-13-8;1-5(2,3-6)4-7/h3,7-8H,1-2,4-5H2,(H,10,11);6-7H,3-4H2,1-2H3. The molecule has 2 unspecified atom stereocenters. The summed E-state index contributed by atoms with van der Waals surface area (Å²) in [6.07, 6.45) is 3.27. The zero-order chi connectivity index (χ0) is 15.2. The Kier molecular flexibility index (Phi) is 6.61. The van der Waals surface area contributed by atoms with E-state index >= 15 is 0 Å². The lowest BCUT2D eigenvalue weighted by atomic mass is 9.97. The van der Waals surface area contributed by atoms with Crippen molar-refractivity contribution in [2.24, 2.45) is 5.41 Å². The average molecular weight is 288 g/mol. The van der Waals surface area contributed by atoms with Crippen molar-refractivity contribution in [3.05, 3.63) is 11.6 Å². The highest BCUT2D eigenvalue weighted by Crippen LogP contribution is 2.26. The third kappa shape index (κ3) is 8.27. The summed E-state index contributed by atoms with van der Waals surface area (Å²) in [7, 11) is 0. The molecule has 2 rings (SSSR count). The molecule has 0 saturated carbocycles. The van der Waals surface area contributed by atoms with Crippen LogP contribution in [0.1, 0.15) is 26.7 Å². The Morgan fingerprint density at radius 1 is 1.15 bits per heavy atom. The van der Waals surface area contributed by atoms with Crippen molar-refractivity contribution >= 4 is 5.97 Å². The van der Waals surface area contributed by atoms with Crippen LogP contribution in [0.25, 0.3) is 0 Å². The van der Waals surface area contributed by atoms with Gasteiger partial charge in [0.2, 0.25) is 0 Å². The van der Waals surface area contributed by atoms with Gasteiger partial charge in [-0.05, 0) is 12.8 Å². The van der Waals surface area contributed by atoms with E-state index < -0.39 is 5.97 Å². The number of aliphatic carboxylic acids is 1. The maximum Gasteiger partial charge on any atom is 0.328 e. The van der Waals surface area contributed by atoms with Gasteiger partial charge < -0.3 is 24.8 Å². The van der Waals surface area contributed by atoms with E-state index in [4.69, 9.17) is 24.8 Å². The number of hydrogen-bond acceptors (Lipinski definition) is 5. The number of carboxylic acids is 1. The summed E-state index contributed by atoms with van der Waals surface area (Å²) in [5.74, 6) is -0.878. The molecule has 0 bridgehead atoms. The second-order valence-corrected chi connectivity index (χ2v) is 5.94. The van der Waals surface area contributed by atoms with Crippen LogP contribution < -0.4 is 0 Å². The largest absolute Gasteiger partial charge is 0.478 e. The number of aliphatic hydroxyl groups is 2. The fourth-order valence-electron chi connectivity index (χ4n) is 1.38. The summed E-state index contributed by atoms with van der Waals surface area (Å²) in [6.45, 7) is 5.22. The van der Waals surface area contributed by atoms with Gasteiger partial charge in [-0.25, -0.2) is 4.79 Å². The number of carboxylic acid groups (broad SMARTS) is 1. The van der Waals surface area contributed by atoms with Crippen LogP contribution in [-0.2, 0) is 14.3 Å². The Balaban J connectivity index is 0.000000246. The Morgan fingerprint density at radius 3 is 1.75 bits per heavy atom. The minimum Gasteiger partial charge on any atom is -0.478 e. The highest BCUT2D eigenvalue weighted by molar-refractivity contribution is 5.80. The molecule has 0 radical (unpaired) electrons. The first-order valence-corrected chi connectivity index (χ1v) is 6.73. The molecule has 0 aromatic rings. The van der Waals surface area contributed by atoms with E-state index in [0.717, 1.165) is 31.6 Å². The summed E-state index contributed by atoms with van der Waals surface area (Å²) in [4.78, 5) is 10.5. The molecule has 3 N–H and O–H groups in total. The lowest BCUT2D eigenvalue weighted by Crippen LogP contribution is -2.20. The highest BCUT2D eigenvalue weighted by atomic mass is 16.6. The molecule has 116 valence electrons. The SMILES string of the molecule is CC(C)(CO)CO.O=C(O)C=C(CC1CO1)CC1CO1. The quantitative estimate of drug-likeness (QED) is 0.467. The lowest BCUT2D eigenvalue weighted by Gasteiger charge is -2.16. The number of epoxide rings is 2. The molecule has 0 aliphatic carbocycles. The molecule has 2 atom stereocenters. The van der Waals surface area contributed by atoms with E-state index in [1.54, 1.807) is 13.8 Å². The summed E-state index contributed by atoms with van der Waals surface area (Å²) < 4.78 is 10.1. The van der Waals surface area contributed by atoms with E-state index in [-0.39, 0.29) is 30.8 Å². The molecular weight excluding hydrogens is 264 g/mol. The monoisotopic (exact) mass is 288 g/mol. The molecule has 0 aromatic heterocycles. The van der Waals surface area contributed by atoms with Gasteiger partial charge in [-0.2, -0.15) is 0 Å². The van der Waals surface area contributed by atoms with Gasteiger partial charge in [-0.15, -0.1) is 0 Å². The van der Waals surface area contributed by atoms with Gasteiger partial charge in [0, 0.05) is 11.5 Å². The molecule has 2 heterocycles. The predicted octanol–water partition coefficient (Wildman–Crippen LogP) is 0.572. The molecule has 2 aliphatic rings. The number of ether oxygens (including phenoxy) is 2. The molecule has 20 heavy (non-hydrogen) atoms. The maximum atomic E-state index is 10.5. The minimum absolute atomic E-state index is 0.0451. The number of carbonyl (C=O) groups is 1. The molecule has 2 aliphatic heterocycles. The van der Waals surface area contributed by atoms with Crippen molar-refractivity contribution in [1.82, 2.24) is 0 Å². The third-order valence-corrected chi connectivity index (χ3v) is 2.97. The van der Waals surface area contributed by atoms with Gasteiger partial charge in [-0.3, -0.25) is 0 Å². The van der Waals surface area contributed by atoms with Crippen molar-refractivity contribution in [3.8, 4) is 0 Å². The Labute approximate surface area is 119 Å². The number of rotatable bonds is 7. The van der Waals surface area contributed by atoms with Crippen LogP contribution in [-0.4, -0.2) is 59.9 Å². The van der Waals surface area contributed by atoms with Gasteiger partial charge in [-0.1, -0.05) is 19.4 Å². The summed E-state index contributed by atoms with van der Waals surface area (Å²) >= 11 is 0. The molecule has 0 spiro atoms. The topological polar surface area (TPSA) is 103 Å². The van der Waals surface area contributed by atoms with Crippen molar-refractivity contribution in [3.63, 3.8) is 0 Å². The van der Waals surface area contributed by atoms with Gasteiger partial charge in [0.05, 0.1) is 38.6 Å². The maximum absolute atomic E-state index is 10.5. The van der Waals surface area contributed by atoms with E-state index in [1.807, 2.05) is 0 Å². The van der Waals surface area contributed by atoms with Crippen LogP contribution in [0, 0.1) is 5.41 Å². The van der Waals surface area contributed by atoms with Crippen LogP contribution in [0.5, 0.6) is 0 Å². The van der Waals surface area contributed by atoms with Crippen LogP contribution in [0.4, 0.5) is 0 Å². The number of hydrogen-bond donors (Lipinski definition) is 3. The first-order valence-electron chi connectivity index (χ1n) is 6.73. The van der Waals surface area contributed by atoms with E-state index in [0.29, 0.717) is 0 Å². The molecule has 2 saturated heterocycles. The van der Waals surface area contributed by atoms with Crippen LogP contribution in [0.3, 0.4) is 0 Å². The molecular formula is C14H24O6. The molecule has 6 heteroatoms. The fourth-order valence-corrected chi connectivity index (χ4v) is 1.38. The smallest absolute Gasteiger partial charge is 0.328 e. The van der Waals surface area contributed by atoms with Gasteiger partial charge >= 0.3 is 5.97 Å². The first kappa shape index (κ1) is 17.1. The summed E-state index contributed by atoms with van der Waals surface area (Å²) in [5, 5.41) is 25.5. The minimum atomic E-state index is -0.878. The zero-order valence-corrected chi connectivity index (χ0v) is 12.0. The van der Waals surface area contributed by atoms with Crippen molar-refractivity contribution in [2.75, 3.05) is 26.4 Å². The Hall–Kier alpha value is -0.950. The molecule has 6 nitrogen and oxygen atoms in total. The van der Waals surface area contributed by atoms with E-state index in [1.165, 1.54) is 6.08 Å². The molecule has 0 aromatic carbocycles. The van der Waals surface area contributed by atoms with Crippen molar-refractivity contribution < 1.29 is 29.6 Å². The lowest BCUT2D eigenvalue weighted by molar-refractivity contribution is -0.131. The third-order valence-electron chi connectivity index (χ3n) is 2.97. The summed E-state index contributed by atoms with van der Waals surface area (Å²) in [6, 6.07) is 0. The van der Waals surface area contributed by atoms with Gasteiger partial charge in [0.25, 0.3) is 0 Å². The van der Waals surface area contributed by atoms with Crippen LogP contribution in [0.15, 0.2) is 11.6 Å². The zero-order valence-electron chi connectivity index (χ0n) is 12.0. The van der Waals surface area contributed by atoms with Gasteiger partial charge in [0.15, 0.2) is 0 Å². The Bertz CT molecular complexity index is 320. The first-order chi connectivity index (χ1) is 9.36. The second kappa shape index (κ2) is 7.73.